The van der Waals surface area contributed by atoms with E-state index in [0.29, 0.717) is 19.4 Å². The minimum Gasteiger partial charge on any atom is -0.352 e. The first-order valence-corrected chi connectivity index (χ1v) is 6.12. The highest BCUT2D eigenvalue weighted by molar-refractivity contribution is 6.30. The maximum absolute atomic E-state index is 13.5. The van der Waals surface area contributed by atoms with Gasteiger partial charge in [-0.3, -0.25) is 9.89 Å². The molecule has 0 aliphatic heterocycles. The molecule has 0 saturated heterocycles. The normalized spacial score (nSPS) is 10.4. The van der Waals surface area contributed by atoms with Gasteiger partial charge in [0.05, 0.1) is 5.56 Å². The second-order valence-corrected chi connectivity index (χ2v) is 4.35. The van der Waals surface area contributed by atoms with Crippen LogP contribution in [0.2, 0.25) is 5.02 Å². The quantitative estimate of drug-likeness (QED) is 0.824. The predicted molar refractivity (Wildman–Crippen MR) is 68.4 cm³/mol. The Balaban J connectivity index is 1.81. The largest absolute Gasteiger partial charge is 0.352 e. The average Bonchev–Trinajstić information content (AvgIpc) is 2.87. The first-order valence-electron chi connectivity index (χ1n) is 5.74. The number of carbonyl (C=O) groups is 1. The van der Waals surface area contributed by atoms with Gasteiger partial charge in [0.15, 0.2) is 0 Å². The number of carbonyl (C=O) groups excluding carboxylic acids is 1. The molecule has 0 radical (unpaired) electrons. The van der Waals surface area contributed by atoms with E-state index in [4.69, 9.17) is 11.6 Å². The Kier molecular flexibility index (Phi) is 4.46. The van der Waals surface area contributed by atoms with Crippen molar-refractivity contribution in [1.29, 1.82) is 0 Å². The molecule has 5 nitrogen and oxygen atoms in total. The SMILES string of the molecule is O=C(NCCCc1ncn[nH]1)c1ccc(Cl)cc1F. The molecule has 2 N–H and O–H groups in total. The van der Waals surface area contributed by atoms with Crippen LogP contribution in [0.15, 0.2) is 24.5 Å². The van der Waals surface area contributed by atoms with Gasteiger partial charge in [0.1, 0.15) is 18.0 Å². The van der Waals surface area contributed by atoms with Crippen LogP contribution in [-0.4, -0.2) is 27.6 Å². The van der Waals surface area contributed by atoms with Gasteiger partial charge in [-0.1, -0.05) is 11.6 Å². The highest BCUT2D eigenvalue weighted by Crippen LogP contribution is 2.14. The topological polar surface area (TPSA) is 70.7 Å². The third-order valence-electron chi connectivity index (χ3n) is 2.52. The molecule has 0 bridgehead atoms. The zero-order chi connectivity index (χ0) is 13.7. The lowest BCUT2D eigenvalue weighted by atomic mass is 10.2. The van der Waals surface area contributed by atoms with E-state index in [0.717, 1.165) is 11.9 Å². The van der Waals surface area contributed by atoms with Crippen molar-refractivity contribution in [2.75, 3.05) is 6.54 Å². The number of aryl methyl sites for hydroxylation is 1. The number of benzene rings is 1. The van der Waals surface area contributed by atoms with Crippen molar-refractivity contribution in [3.63, 3.8) is 0 Å². The van der Waals surface area contributed by atoms with E-state index in [-0.39, 0.29) is 10.6 Å². The molecule has 1 amide bonds. The van der Waals surface area contributed by atoms with Crippen LogP contribution in [0.4, 0.5) is 4.39 Å². The van der Waals surface area contributed by atoms with E-state index in [9.17, 15) is 9.18 Å². The van der Waals surface area contributed by atoms with Gasteiger partial charge in [0.25, 0.3) is 5.91 Å². The number of aromatic amines is 1. The maximum atomic E-state index is 13.5. The molecule has 7 heteroatoms. The van der Waals surface area contributed by atoms with Crippen LogP contribution in [0, 0.1) is 5.82 Å². The Bertz CT molecular complexity index is 559. The third-order valence-corrected chi connectivity index (χ3v) is 2.75. The lowest BCUT2D eigenvalue weighted by molar-refractivity contribution is 0.0949. The van der Waals surface area contributed by atoms with Gasteiger partial charge in [-0.05, 0) is 24.6 Å². The van der Waals surface area contributed by atoms with Gasteiger partial charge in [0.2, 0.25) is 0 Å². The summed E-state index contributed by atoms with van der Waals surface area (Å²) in [5.74, 6) is -0.320. The van der Waals surface area contributed by atoms with Gasteiger partial charge in [-0.2, -0.15) is 5.10 Å². The van der Waals surface area contributed by atoms with E-state index in [1.165, 1.54) is 18.5 Å². The Morgan fingerprint density at radius 1 is 1.47 bits per heavy atom. The molecule has 0 unspecified atom stereocenters. The molecule has 2 aromatic rings. The van der Waals surface area contributed by atoms with E-state index in [1.807, 2.05) is 0 Å². The summed E-state index contributed by atoms with van der Waals surface area (Å²) in [6, 6.07) is 3.96. The van der Waals surface area contributed by atoms with E-state index in [1.54, 1.807) is 0 Å². The molecule has 0 spiro atoms. The number of hydrogen-bond acceptors (Lipinski definition) is 3. The second-order valence-electron chi connectivity index (χ2n) is 3.92. The van der Waals surface area contributed by atoms with Crippen molar-refractivity contribution in [3.8, 4) is 0 Å². The molecule has 1 aromatic heterocycles. The number of halogens is 2. The van der Waals surface area contributed by atoms with Crippen LogP contribution in [0.3, 0.4) is 0 Å². The molecule has 19 heavy (non-hydrogen) atoms. The molecule has 0 aliphatic rings. The van der Waals surface area contributed by atoms with Crippen molar-refractivity contribution in [2.24, 2.45) is 0 Å². The fourth-order valence-electron chi connectivity index (χ4n) is 1.58. The molecule has 100 valence electrons. The summed E-state index contributed by atoms with van der Waals surface area (Å²) in [4.78, 5) is 15.7. The van der Waals surface area contributed by atoms with Crippen molar-refractivity contribution in [1.82, 2.24) is 20.5 Å². The minimum absolute atomic E-state index is 0.0101. The van der Waals surface area contributed by atoms with Crippen molar-refractivity contribution in [2.45, 2.75) is 12.8 Å². The number of nitrogens with one attached hydrogen (secondary N) is 2. The Hall–Kier alpha value is -1.95. The standard InChI is InChI=1S/C12H12ClFN4O/c13-8-3-4-9(10(14)6-8)12(19)15-5-1-2-11-16-7-17-18-11/h3-4,6-7H,1-2,5H2,(H,15,19)(H,16,17,18). The molecule has 0 atom stereocenters. The molecule has 2 rings (SSSR count). The minimum atomic E-state index is -0.625. The van der Waals surface area contributed by atoms with Crippen molar-refractivity contribution >= 4 is 17.5 Å². The zero-order valence-electron chi connectivity index (χ0n) is 9.99. The summed E-state index contributed by atoms with van der Waals surface area (Å²) >= 11 is 5.62. The number of amides is 1. The van der Waals surface area contributed by atoms with Crippen molar-refractivity contribution in [3.05, 3.63) is 46.8 Å². The first-order chi connectivity index (χ1) is 9.16. The average molecular weight is 283 g/mol. The first kappa shape index (κ1) is 13.5. The Labute approximate surface area is 114 Å². The lowest BCUT2D eigenvalue weighted by Crippen LogP contribution is -2.25. The molecule has 1 aromatic carbocycles. The molecule has 0 aliphatic carbocycles. The third kappa shape index (κ3) is 3.75. The van der Waals surface area contributed by atoms with Gasteiger partial charge >= 0.3 is 0 Å². The number of hydrogen-bond donors (Lipinski definition) is 2. The van der Waals surface area contributed by atoms with Gasteiger partial charge in [-0.15, -0.1) is 0 Å². The van der Waals surface area contributed by atoms with E-state index in [2.05, 4.69) is 20.5 Å². The van der Waals surface area contributed by atoms with Crippen LogP contribution < -0.4 is 5.32 Å². The van der Waals surface area contributed by atoms with Crippen LogP contribution >= 0.6 is 11.6 Å². The van der Waals surface area contributed by atoms with Crippen LogP contribution in [0.1, 0.15) is 22.6 Å². The maximum Gasteiger partial charge on any atom is 0.254 e. The summed E-state index contributed by atoms with van der Waals surface area (Å²) in [5.41, 5.74) is -0.0101. The highest BCUT2D eigenvalue weighted by atomic mass is 35.5. The van der Waals surface area contributed by atoms with Gasteiger partial charge in [0, 0.05) is 18.0 Å². The molecule has 0 fully saturated rings. The smallest absolute Gasteiger partial charge is 0.254 e. The fraction of sp³-hybridized carbons (Fsp3) is 0.250. The van der Waals surface area contributed by atoms with E-state index < -0.39 is 11.7 Å². The molecule has 0 saturated carbocycles. The summed E-state index contributed by atoms with van der Waals surface area (Å²) < 4.78 is 13.5. The summed E-state index contributed by atoms with van der Waals surface area (Å²) in [5, 5.41) is 9.34. The fourth-order valence-corrected chi connectivity index (χ4v) is 1.74. The van der Waals surface area contributed by atoms with Gasteiger partial charge in [-0.25, -0.2) is 9.37 Å². The van der Waals surface area contributed by atoms with Crippen LogP contribution in [0.25, 0.3) is 0 Å². The predicted octanol–water partition coefficient (Wildman–Crippen LogP) is 1.96. The Morgan fingerprint density at radius 2 is 2.32 bits per heavy atom. The van der Waals surface area contributed by atoms with Crippen LogP contribution in [-0.2, 0) is 6.42 Å². The van der Waals surface area contributed by atoms with Crippen molar-refractivity contribution < 1.29 is 9.18 Å². The highest BCUT2D eigenvalue weighted by Gasteiger charge is 2.11. The van der Waals surface area contributed by atoms with Crippen LogP contribution in [0.5, 0.6) is 0 Å². The number of rotatable bonds is 5. The number of nitrogens with zero attached hydrogens (tertiary/aromatic N) is 2. The molecular weight excluding hydrogens is 271 g/mol. The van der Waals surface area contributed by atoms with E-state index >= 15 is 0 Å². The molecular formula is C12H12ClFN4O. The lowest BCUT2D eigenvalue weighted by Gasteiger charge is -2.05. The van der Waals surface area contributed by atoms with Gasteiger partial charge < -0.3 is 5.32 Å². The number of H-pyrrole nitrogens is 1. The summed E-state index contributed by atoms with van der Waals surface area (Å²) in [6.07, 6.45) is 2.79. The number of aromatic nitrogens is 3. The monoisotopic (exact) mass is 282 g/mol. The zero-order valence-corrected chi connectivity index (χ0v) is 10.7. The molecule has 1 heterocycles. The second kappa shape index (κ2) is 6.29. The summed E-state index contributed by atoms with van der Waals surface area (Å²) in [6.45, 7) is 0.432. The summed E-state index contributed by atoms with van der Waals surface area (Å²) in [7, 11) is 0. The Morgan fingerprint density at radius 3 is 3.00 bits per heavy atom.